The fourth-order valence-electron chi connectivity index (χ4n) is 1.29. The Bertz CT molecular complexity index is 371. The van der Waals surface area contributed by atoms with E-state index < -0.39 is 6.04 Å². The lowest BCUT2D eigenvalue weighted by Gasteiger charge is -2.19. The van der Waals surface area contributed by atoms with Crippen LogP contribution >= 0.6 is 28.3 Å². The molecule has 0 aromatic heterocycles. The van der Waals surface area contributed by atoms with Crippen molar-refractivity contribution in [1.29, 1.82) is 0 Å². The summed E-state index contributed by atoms with van der Waals surface area (Å²) in [7, 11) is 1.72. The molecule has 1 aromatic rings. The standard InChI is InChI=1S/C12H17BrN2O2.ClH/c1-9(14)12(16)15(2)7-8-17-11-5-3-10(13)4-6-11;/h3-6,9H,7-8,14H2,1-2H3;1H. The number of nitrogens with two attached hydrogens (primary N) is 1. The molecular formula is C12H18BrClN2O2. The first kappa shape index (κ1) is 17.2. The van der Waals surface area contributed by atoms with Gasteiger partial charge < -0.3 is 15.4 Å². The predicted molar refractivity (Wildman–Crippen MR) is 78.2 cm³/mol. The molecule has 0 fully saturated rings. The number of likely N-dealkylation sites (N-methyl/N-ethyl adjacent to an activating group) is 1. The molecule has 1 rings (SSSR count). The zero-order valence-corrected chi connectivity index (χ0v) is 12.8. The molecule has 1 amide bonds. The van der Waals surface area contributed by atoms with Crippen LogP contribution in [0.15, 0.2) is 28.7 Å². The van der Waals surface area contributed by atoms with E-state index in [1.165, 1.54) is 0 Å². The molecule has 1 unspecified atom stereocenters. The van der Waals surface area contributed by atoms with Gasteiger partial charge in [-0.1, -0.05) is 15.9 Å². The summed E-state index contributed by atoms with van der Waals surface area (Å²) in [5, 5.41) is 0. The zero-order chi connectivity index (χ0) is 12.8. The van der Waals surface area contributed by atoms with Gasteiger partial charge in [0.05, 0.1) is 12.6 Å². The van der Waals surface area contributed by atoms with Crippen molar-refractivity contribution in [1.82, 2.24) is 4.90 Å². The molecule has 102 valence electrons. The van der Waals surface area contributed by atoms with Gasteiger partial charge in [0.2, 0.25) is 5.91 Å². The summed E-state index contributed by atoms with van der Waals surface area (Å²) in [5.74, 6) is 0.708. The number of benzene rings is 1. The average Bonchev–Trinajstić information content (AvgIpc) is 2.30. The van der Waals surface area contributed by atoms with E-state index in [0.29, 0.717) is 13.2 Å². The van der Waals surface area contributed by atoms with Crippen LogP contribution in [0, 0.1) is 0 Å². The van der Waals surface area contributed by atoms with Gasteiger partial charge in [0.15, 0.2) is 0 Å². The van der Waals surface area contributed by atoms with Gasteiger partial charge >= 0.3 is 0 Å². The van der Waals surface area contributed by atoms with Crippen LogP contribution in [0.25, 0.3) is 0 Å². The van der Waals surface area contributed by atoms with Crippen LogP contribution < -0.4 is 10.5 Å². The summed E-state index contributed by atoms with van der Waals surface area (Å²) in [5.41, 5.74) is 5.50. The Hall–Kier alpha value is -0.780. The van der Waals surface area contributed by atoms with E-state index in [9.17, 15) is 4.79 Å². The van der Waals surface area contributed by atoms with E-state index in [1.807, 2.05) is 24.3 Å². The summed E-state index contributed by atoms with van der Waals surface area (Å²) in [4.78, 5) is 13.0. The minimum Gasteiger partial charge on any atom is -0.492 e. The van der Waals surface area contributed by atoms with E-state index >= 15 is 0 Å². The minimum atomic E-state index is -0.465. The molecule has 0 saturated heterocycles. The summed E-state index contributed by atoms with van der Waals surface area (Å²) < 4.78 is 6.51. The van der Waals surface area contributed by atoms with Crippen molar-refractivity contribution in [2.45, 2.75) is 13.0 Å². The first-order valence-corrected chi connectivity index (χ1v) is 6.19. The van der Waals surface area contributed by atoms with Gasteiger partial charge in [-0.3, -0.25) is 4.79 Å². The summed E-state index contributed by atoms with van der Waals surface area (Å²) in [6, 6.07) is 7.10. The maximum absolute atomic E-state index is 11.5. The SMILES string of the molecule is CC(N)C(=O)N(C)CCOc1ccc(Br)cc1.Cl. The highest BCUT2D eigenvalue weighted by Crippen LogP contribution is 2.15. The fourth-order valence-corrected chi connectivity index (χ4v) is 1.55. The van der Waals surface area contributed by atoms with Crippen LogP contribution in [0.2, 0.25) is 0 Å². The molecule has 0 heterocycles. The third-order valence-electron chi connectivity index (χ3n) is 2.27. The highest BCUT2D eigenvalue weighted by Gasteiger charge is 2.12. The highest BCUT2D eigenvalue weighted by molar-refractivity contribution is 9.10. The molecule has 1 aromatic carbocycles. The van der Waals surface area contributed by atoms with Gasteiger partial charge in [0.1, 0.15) is 12.4 Å². The molecule has 0 aliphatic rings. The molecule has 4 nitrogen and oxygen atoms in total. The quantitative estimate of drug-likeness (QED) is 0.895. The lowest BCUT2D eigenvalue weighted by atomic mass is 10.3. The highest BCUT2D eigenvalue weighted by atomic mass is 79.9. The normalized spacial score (nSPS) is 11.3. The maximum atomic E-state index is 11.5. The Morgan fingerprint density at radius 2 is 2.00 bits per heavy atom. The van der Waals surface area contributed by atoms with Gasteiger partial charge in [-0.2, -0.15) is 0 Å². The van der Waals surface area contributed by atoms with Crippen molar-refractivity contribution >= 4 is 34.2 Å². The summed E-state index contributed by atoms with van der Waals surface area (Å²) >= 11 is 3.35. The molecule has 0 aliphatic carbocycles. The van der Waals surface area contributed by atoms with Gasteiger partial charge in [0, 0.05) is 11.5 Å². The smallest absolute Gasteiger partial charge is 0.239 e. The maximum Gasteiger partial charge on any atom is 0.239 e. The Labute approximate surface area is 122 Å². The van der Waals surface area contributed by atoms with Gasteiger partial charge in [-0.15, -0.1) is 12.4 Å². The predicted octanol–water partition coefficient (Wildman–Crippen LogP) is 2.06. The van der Waals surface area contributed by atoms with Crippen LogP contribution in [-0.2, 0) is 4.79 Å². The number of rotatable bonds is 5. The van der Waals surface area contributed by atoms with Crippen molar-refractivity contribution in [2.75, 3.05) is 20.2 Å². The second-order valence-electron chi connectivity index (χ2n) is 3.85. The van der Waals surface area contributed by atoms with Crippen LogP contribution in [0.1, 0.15) is 6.92 Å². The van der Waals surface area contributed by atoms with E-state index in [4.69, 9.17) is 10.5 Å². The fraction of sp³-hybridized carbons (Fsp3) is 0.417. The number of ether oxygens (including phenoxy) is 1. The van der Waals surface area contributed by atoms with Crippen molar-refractivity contribution in [2.24, 2.45) is 5.73 Å². The Morgan fingerprint density at radius 1 is 1.44 bits per heavy atom. The molecule has 6 heteroatoms. The molecule has 0 bridgehead atoms. The zero-order valence-electron chi connectivity index (χ0n) is 10.4. The van der Waals surface area contributed by atoms with E-state index in [-0.39, 0.29) is 18.3 Å². The average molecular weight is 338 g/mol. The number of amides is 1. The van der Waals surface area contributed by atoms with Gasteiger partial charge in [-0.25, -0.2) is 0 Å². The summed E-state index contributed by atoms with van der Waals surface area (Å²) in [6.07, 6.45) is 0. The molecule has 0 spiro atoms. The number of carbonyl (C=O) groups excluding carboxylic acids is 1. The Balaban J connectivity index is 0.00000289. The first-order valence-electron chi connectivity index (χ1n) is 5.39. The Morgan fingerprint density at radius 3 is 2.50 bits per heavy atom. The van der Waals surface area contributed by atoms with Crippen LogP contribution in [-0.4, -0.2) is 37.0 Å². The van der Waals surface area contributed by atoms with Crippen LogP contribution in [0.3, 0.4) is 0 Å². The van der Waals surface area contributed by atoms with Crippen molar-refractivity contribution in [3.8, 4) is 5.75 Å². The van der Waals surface area contributed by atoms with Gasteiger partial charge in [-0.05, 0) is 31.2 Å². The molecule has 0 radical (unpaired) electrons. The third-order valence-corrected chi connectivity index (χ3v) is 2.80. The van der Waals surface area contributed by atoms with Crippen molar-refractivity contribution in [3.63, 3.8) is 0 Å². The second-order valence-corrected chi connectivity index (χ2v) is 4.77. The second kappa shape index (κ2) is 8.34. The monoisotopic (exact) mass is 336 g/mol. The van der Waals surface area contributed by atoms with E-state index in [2.05, 4.69) is 15.9 Å². The molecule has 18 heavy (non-hydrogen) atoms. The first-order chi connectivity index (χ1) is 8.00. The van der Waals surface area contributed by atoms with Crippen molar-refractivity contribution in [3.05, 3.63) is 28.7 Å². The van der Waals surface area contributed by atoms with Crippen molar-refractivity contribution < 1.29 is 9.53 Å². The summed E-state index contributed by atoms with van der Waals surface area (Å²) in [6.45, 7) is 2.65. The number of hydrogen-bond donors (Lipinski definition) is 1. The number of halogens is 2. The lowest BCUT2D eigenvalue weighted by molar-refractivity contribution is -0.131. The number of carbonyl (C=O) groups is 1. The third kappa shape index (κ3) is 5.71. The van der Waals surface area contributed by atoms with Gasteiger partial charge in [0.25, 0.3) is 0 Å². The lowest BCUT2D eigenvalue weighted by Crippen LogP contribution is -2.41. The molecule has 0 saturated carbocycles. The van der Waals surface area contributed by atoms with Crippen LogP contribution in [0.4, 0.5) is 0 Å². The number of hydrogen-bond acceptors (Lipinski definition) is 3. The largest absolute Gasteiger partial charge is 0.492 e. The topological polar surface area (TPSA) is 55.6 Å². The Kier molecular flexibility index (Phi) is 7.98. The molecule has 1 atom stereocenters. The molecular weight excluding hydrogens is 320 g/mol. The van der Waals surface area contributed by atoms with E-state index in [0.717, 1.165) is 10.2 Å². The molecule has 0 aliphatic heterocycles. The molecule has 2 N–H and O–H groups in total. The van der Waals surface area contributed by atoms with E-state index in [1.54, 1.807) is 18.9 Å². The van der Waals surface area contributed by atoms with Crippen LogP contribution in [0.5, 0.6) is 5.75 Å². The minimum absolute atomic E-state index is 0. The number of nitrogens with zero attached hydrogens (tertiary/aromatic N) is 1.